The third-order valence-electron chi connectivity index (χ3n) is 4.97. The molecule has 0 spiro atoms. The normalized spacial score (nSPS) is 19.0. The van der Waals surface area contributed by atoms with Gasteiger partial charge in [0.05, 0.1) is 11.9 Å². The van der Waals surface area contributed by atoms with Crippen LogP contribution in [-0.2, 0) is 7.05 Å². The number of nitrogens with zero attached hydrogens (tertiary/aromatic N) is 4. The number of pyridine rings is 1. The van der Waals surface area contributed by atoms with Crippen molar-refractivity contribution in [2.24, 2.45) is 12.5 Å². The highest BCUT2D eigenvalue weighted by molar-refractivity contribution is 5.80. The third-order valence-corrected chi connectivity index (χ3v) is 4.97. The number of aryl methyl sites for hydroxylation is 1. The van der Waals surface area contributed by atoms with Crippen LogP contribution in [0.25, 0.3) is 11.1 Å². The smallest absolute Gasteiger partial charge is 0.142 e. The SMILES string of the molecule is Cc1c(C2CC2(C)C)nc(N)c(C#N)c1-c1cnn(C)c1C. The maximum Gasteiger partial charge on any atom is 0.142 e. The van der Waals surface area contributed by atoms with Crippen LogP contribution in [0, 0.1) is 30.6 Å². The molecule has 0 amide bonds. The molecule has 2 aromatic heterocycles. The Morgan fingerprint density at radius 3 is 2.50 bits per heavy atom. The molecule has 1 fully saturated rings. The first-order valence-electron chi connectivity index (χ1n) is 7.47. The summed E-state index contributed by atoms with van der Waals surface area (Å²) in [5.74, 6) is 0.738. The van der Waals surface area contributed by atoms with Gasteiger partial charge in [0.1, 0.15) is 17.5 Å². The number of hydrogen-bond acceptors (Lipinski definition) is 4. The van der Waals surface area contributed by atoms with Gasteiger partial charge in [-0.25, -0.2) is 4.98 Å². The molecule has 2 N–H and O–H groups in total. The van der Waals surface area contributed by atoms with Crippen molar-refractivity contribution in [1.82, 2.24) is 14.8 Å². The molecular formula is C17H21N5. The zero-order valence-electron chi connectivity index (χ0n) is 13.7. The van der Waals surface area contributed by atoms with Crippen molar-refractivity contribution in [2.45, 2.75) is 40.0 Å². The van der Waals surface area contributed by atoms with Crippen molar-refractivity contribution in [1.29, 1.82) is 5.26 Å². The molecule has 3 rings (SSSR count). The lowest BCUT2D eigenvalue weighted by Crippen LogP contribution is -2.07. The molecule has 5 heteroatoms. The van der Waals surface area contributed by atoms with Gasteiger partial charge in [0.25, 0.3) is 0 Å². The second-order valence-corrected chi connectivity index (χ2v) is 6.88. The Bertz CT molecular complexity index is 807. The molecule has 0 saturated heterocycles. The van der Waals surface area contributed by atoms with E-state index < -0.39 is 0 Å². The average molecular weight is 295 g/mol. The zero-order chi connectivity index (χ0) is 16.2. The molecule has 114 valence electrons. The van der Waals surface area contributed by atoms with Crippen LogP contribution in [0.2, 0.25) is 0 Å². The second kappa shape index (κ2) is 4.57. The minimum Gasteiger partial charge on any atom is -0.383 e. The van der Waals surface area contributed by atoms with E-state index in [1.54, 1.807) is 6.20 Å². The predicted octanol–water partition coefficient (Wildman–Crippen LogP) is 3.07. The molecule has 1 aliphatic rings. The highest BCUT2D eigenvalue weighted by Crippen LogP contribution is 2.59. The Kier molecular flexibility index (Phi) is 3.03. The lowest BCUT2D eigenvalue weighted by Gasteiger charge is -2.15. The van der Waals surface area contributed by atoms with Gasteiger partial charge in [-0.05, 0) is 31.2 Å². The highest BCUT2D eigenvalue weighted by atomic mass is 15.3. The summed E-state index contributed by atoms with van der Waals surface area (Å²) in [5.41, 5.74) is 11.8. The summed E-state index contributed by atoms with van der Waals surface area (Å²) in [6, 6.07) is 2.22. The quantitative estimate of drug-likeness (QED) is 0.923. The predicted molar refractivity (Wildman–Crippen MR) is 86.2 cm³/mol. The van der Waals surface area contributed by atoms with Gasteiger partial charge in [-0.2, -0.15) is 10.4 Å². The second-order valence-electron chi connectivity index (χ2n) is 6.88. The van der Waals surface area contributed by atoms with Crippen molar-refractivity contribution in [3.63, 3.8) is 0 Å². The average Bonchev–Trinajstić information content (AvgIpc) is 2.97. The molecule has 2 heterocycles. The van der Waals surface area contributed by atoms with Crippen molar-refractivity contribution < 1.29 is 0 Å². The molecule has 1 saturated carbocycles. The van der Waals surface area contributed by atoms with Crippen molar-refractivity contribution in [3.8, 4) is 17.2 Å². The molecule has 22 heavy (non-hydrogen) atoms. The molecule has 0 aliphatic heterocycles. The van der Waals surface area contributed by atoms with Crippen LogP contribution >= 0.6 is 0 Å². The maximum absolute atomic E-state index is 9.53. The number of rotatable bonds is 2. The molecule has 5 nitrogen and oxygen atoms in total. The van der Waals surface area contributed by atoms with Gasteiger partial charge in [0.2, 0.25) is 0 Å². The van der Waals surface area contributed by atoms with E-state index in [9.17, 15) is 5.26 Å². The van der Waals surface area contributed by atoms with E-state index in [1.165, 1.54) is 0 Å². The van der Waals surface area contributed by atoms with Crippen LogP contribution in [0.5, 0.6) is 0 Å². The van der Waals surface area contributed by atoms with Crippen LogP contribution in [0.1, 0.15) is 48.7 Å². The number of anilines is 1. The standard InChI is InChI=1S/C17H21N5/c1-9-14(12-8-20-22(5)10(12)2)11(7-18)16(19)21-15(9)13-6-17(13,3)4/h8,13H,6H2,1-5H3,(H2,19,21). The number of hydrogen-bond donors (Lipinski definition) is 1. The topological polar surface area (TPSA) is 80.5 Å². The summed E-state index contributed by atoms with van der Waals surface area (Å²) in [7, 11) is 1.90. The fraction of sp³-hybridized carbons (Fsp3) is 0.471. The monoisotopic (exact) mass is 295 g/mol. The Labute approximate surface area is 130 Å². The van der Waals surface area contributed by atoms with Gasteiger partial charge in [-0.1, -0.05) is 13.8 Å². The molecular weight excluding hydrogens is 274 g/mol. The molecule has 1 unspecified atom stereocenters. The summed E-state index contributed by atoms with van der Waals surface area (Å²) in [4.78, 5) is 4.55. The number of nitrogens with two attached hydrogens (primary N) is 1. The van der Waals surface area contributed by atoms with Crippen molar-refractivity contribution in [3.05, 3.63) is 28.7 Å². The van der Waals surface area contributed by atoms with Crippen LogP contribution in [0.4, 0.5) is 5.82 Å². The lowest BCUT2D eigenvalue weighted by atomic mass is 9.92. The van der Waals surface area contributed by atoms with Crippen molar-refractivity contribution >= 4 is 5.82 Å². The first kappa shape index (κ1) is 14.6. The van der Waals surface area contributed by atoms with E-state index in [2.05, 4.69) is 30.0 Å². The van der Waals surface area contributed by atoms with Crippen LogP contribution in [0.3, 0.4) is 0 Å². The zero-order valence-corrected chi connectivity index (χ0v) is 13.7. The van der Waals surface area contributed by atoms with Gasteiger partial charge in [0.15, 0.2) is 0 Å². The van der Waals surface area contributed by atoms with Gasteiger partial charge in [0, 0.05) is 29.8 Å². The third kappa shape index (κ3) is 1.98. The first-order chi connectivity index (χ1) is 10.3. The Balaban J connectivity index is 2.29. The van der Waals surface area contributed by atoms with E-state index in [-0.39, 0.29) is 5.41 Å². The van der Waals surface area contributed by atoms with E-state index in [4.69, 9.17) is 5.73 Å². The molecule has 1 aliphatic carbocycles. The first-order valence-corrected chi connectivity index (χ1v) is 7.47. The fourth-order valence-corrected chi connectivity index (χ4v) is 3.18. The van der Waals surface area contributed by atoms with E-state index >= 15 is 0 Å². The Morgan fingerprint density at radius 2 is 2.05 bits per heavy atom. The Hall–Kier alpha value is -2.35. The van der Waals surface area contributed by atoms with Gasteiger partial charge in [-0.15, -0.1) is 0 Å². The fourth-order valence-electron chi connectivity index (χ4n) is 3.18. The largest absolute Gasteiger partial charge is 0.383 e. The van der Waals surface area contributed by atoms with Gasteiger partial charge < -0.3 is 5.73 Å². The maximum atomic E-state index is 9.53. The summed E-state index contributed by atoms with van der Waals surface area (Å²) in [6.45, 7) is 8.52. The van der Waals surface area contributed by atoms with E-state index in [1.807, 2.05) is 25.6 Å². The minimum absolute atomic E-state index is 0.264. The molecule has 0 bridgehead atoms. The summed E-state index contributed by atoms with van der Waals surface area (Å²) in [5, 5.41) is 13.8. The van der Waals surface area contributed by atoms with Crippen molar-refractivity contribution in [2.75, 3.05) is 5.73 Å². The number of aromatic nitrogens is 3. The summed E-state index contributed by atoms with van der Waals surface area (Å²) in [6.07, 6.45) is 2.91. The summed E-state index contributed by atoms with van der Waals surface area (Å²) < 4.78 is 1.81. The van der Waals surface area contributed by atoms with Crippen LogP contribution in [0.15, 0.2) is 6.20 Å². The van der Waals surface area contributed by atoms with E-state index in [0.29, 0.717) is 17.3 Å². The summed E-state index contributed by atoms with van der Waals surface area (Å²) >= 11 is 0. The highest BCUT2D eigenvalue weighted by Gasteiger charge is 2.48. The Morgan fingerprint density at radius 1 is 1.41 bits per heavy atom. The molecule has 2 aromatic rings. The van der Waals surface area contributed by atoms with Gasteiger partial charge in [-0.3, -0.25) is 4.68 Å². The van der Waals surface area contributed by atoms with Crippen LogP contribution in [-0.4, -0.2) is 14.8 Å². The van der Waals surface area contributed by atoms with E-state index in [0.717, 1.165) is 34.5 Å². The minimum atomic E-state index is 0.264. The lowest BCUT2D eigenvalue weighted by molar-refractivity contribution is 0.615. The molecule has 0 radical (unpaired) electrons. The molecule has 0 aromatic carbocycles. The molecule has 1 atom stereocenters. The number of nitrogen functional groups attached to an aromatic ring is 1. The van der Waals surface area contributed by atoms with Gasteiger partial charge >= 0.3 is 0 Å². The number of nitriles is 1. The van der Waals surface area contributed by atoms with Crippen LogP contribution < -0.4 is 5.73 Å².